The predicted molar refractivity (Wildman–Crippen MR) is 160 cm³/mol. The number of nitrogens with one attached hydrogen (secondary N) is 1. The molecule has 1 fully saturated rings. The third-order valence-electron chi connectivity index (χ3n) is 7.05. The highest BCUT2D eigenvalue weighted by molar-refractivity contribution is 6.31. The Morgan fingerprint density at radius 3 is 2.56 bits per heavy atom. The van der Waals surface area contributed by atoms with Crippen molar-refractivity contribution in [2.75, 3.05) is 18.5 Å². The fourth-order valence-corrected chi connectivity index (χ4v) is 4.85. The summed E-state index contributed by atoms with van der Waals surface area (Å²) in [6.07, 6.45) is 6.81. The predicted octanol–water partition coefficient (Wildman–Crippen LogP) is 6.90. The van der Waals surface area contributed by atoms with Gasteiger partial charge in [-0.3, -0.25) is 19.1 Å². The van der Waals surface area contributed by atoms with Gasteiger partial charge in [0.15, 0.2) is 5.82 Å². The average molecular weight is 580 g/mol. The van der Waals surface area contributed by atoms with Gasteiger partial charge in [0.05, 0.1) is 30.0 Å². The van der Waals surface area contributed by atoms with Crippen LogP contribution in [0.5, 0.6) is 0 Å². The van der Waals surface area contributed by atoms with E-state index in [4.69, 9.17) is 16.3 Å². The van der Waals surface area contributed by atoms with E-state index in [9.17, 15) is 14.0 Å². The van der Waals surface area contributed by atoms with E-state index in [2.05, 4.69) is 10.3 Å². The van der Waals surface area contributed by atoms with Crippen LogP contribution >= 0.6 is 11.6 Å². The second-order valence-electron chi connectivity index (χ2n) is 10.4. The highest BCUT2D eigenvalue weighted by Gasteiger charge is 2.41. The number of carbonyl (C=O) groups excluding carboxylic acids is 1. The minimum absolute atomic E-state index is 0.0260. The maximum atomic E-state index is 15.6. The van der Waals surface area contributed by atoms with Crippen molar-refractivity contribution in [2.45, 2.75) is 40.0 Å². The largest absolute Gasteiger partial charge is 0.379 e. The first-order chi connectivity index (χ1) is 19.5. The van der Waals surface area contributed by atoms with Crippen molar-refractivity contribution < 1.29 is 18.3 Å². The molecule has 1 unspecified atom stereocenters. The van der Waals surface area contributed by atoms with E-state index in [1.54, 1.807) is 51.1 Å². The topological polar surface area (TPSA) is 72.7 Å². The molecule has 1 amide bonds. The Morgan fingerprint density at radius 1 is 1.22 bits per heavy atom. The maximum Gasteiger partial charge on any atom is 0.273 e. The molecular weight excluding hydrogens is 548 g/mol. The van der Waals surface area contributed by atoms with Crippen molar-refractivity contribution in [2.24, 2.45) is 10.4 Å². The minimum atomic E-state index is -0.704. The number of nitrogens with zero attached hydrogens (tertiary/aromatic N) is 2. The number of halogens is 3. The second kappa shape index (κ2) is 12.7. The quantitative estimate of drug-likeness (QED) is 0.280. The van der Waals surface area contributed by atoms with Crippen molar-refractivity contribution in [3.05, 3.63) is 116 Å². The number of aromatic nitrogens is 1. The molecule has 4 rings (SSSR count). The third-order valence-corrected chi connectivity index (χ3v) is 7.43. The summed E-state index contributed by atoms with van der Waals surface area (Å²) in [7, 11) is 0. The number of aryl methyl sites for hydroxylation is 1. The van der Waals surface area contributed by atoms with Crippen molar-refractivity contribution in [1.29, 1.82) is 0 Å². The Labute approximate surface area is 243 Å². The van der Waals surface area contributed by atoms with Gasteiger partial charge in [0.1, 0.15) is 10.8 Å². The number of carbonyl (C=O) groups is 1. The van der Waals surface area contributed by atoms with E-state index in [1.807, 2.05) is 13.0 Å². The highest BCUT2D eigenvalue weighted by Crippen LogP contribution is 2.30. The maximum absolute atomic E-state index is 15.6. The van der Waals surface area contributed by atoms with E-state index >= 15 is 4.39 Å². The zero-order valence-electron chi connectivity index (χ0n) is 23.4. The molecule has 2 aromatic carbocycles. The SMILES string of the molecule is C/C=C/N=C(/C=C/n1c(C)cc(C(C)Cc2ccc(F)cc2)c(Cl)c1=O)c1cccc(NC(=O)C2(C)COC2)c1F. The number of hydrogen-bond donors (Lipinski definition) is 1. The molecule has 2 heterocycles. The van der Waals surface area contributed by atoms with Crippen molar-refractivity contribution in [1.82, 2.24) is 4.57 Å². The normalized spacial score (nSPS) is 15.7. The van der Waals surface area contributed by atoms with E-state index in [0.29, 0.717) is 17.7 Å². The molecule has 41 heavy (non-hydrogen) atoms. The fraction of sp³-hybridized carbons (Fsp3) is 0.281. The number of aliphatic imine (C=N–C) groups is 1. The number of amides is 1. The zero-order valence-corrected chi connectivity index (χ0v) is 24.1. The Morgan fingerprint density at radius 2 is 1.93 bits per heavy atom. The van der Waals surface area contributed by atoms with Crippen LogP contribution in [0.1, 0.15) is 49.1 Å². The van der Waals surface area contributed by atoms with Crippen LogP contribution in [0.15, 0.2) is 76.7 Å². The van der Waals surface area contributed by atoms with Crippen LogP contribution in [0.25, 0.3) is 6.20 Å². The molecule has 0 radical (unpaired) electrons. The Balaban J connectivity index is 1.63. The first-order valence-electron chi connectivity index (χ1n) is 13.3. The first-order valence-corrected chi connectivity index (χ1v) is 13.6. The van der Waals surface area contributed by atoms with Gasteiger partial charge in [-0.15, -0.1) is 0 Å². The Kier molecular flexibility index (Phi) is 9.35. The van der Waals surface area contributed by atoms with Gasteiger partial charge in [-0.05, 0) is 80.6 Å². The molecule has 6 nitrogen and oxygen atoms in total. The number of benzene rings is 2. The average Bonchev–Trinajstić information content (AvgIpc) is 2.93. The summed E-state index contributed by atoms with van der Waals surface area (Å²) in [6.45, 7) is 7.82. The van der Waals surface area contributed by atoms with Gasteiger partial charge < -0.3 is 10.1 Å². The summed E-state index contributed by atoms with van der Waals surface area (Å²) in [5.74, 6) is -1.38. The number of pyridine rings is 1. The number of allylic oxidation sites excluding steroid dienone is 2. The van der Waals surface area contributed by atoms with Gasteiger partial charge in [-0.2, -0.15) is 0 Å². The lowest BCUT2D eigenvalue weighted by atomic mass is 9.87. The van der Waals surface area contributed by atoms with Crippen LogP contribution in [-0.2, 0) is 16.0 Å². The smallest absolute Gasteiger partial charge is 0.273 e. The number of ether oxygens (including phenoxy) is 1. The van der Waals surface area contributed by atoms with Crippen molar-refractivity contribution in [3.8, 4) is 0 Å². The molecule has 1 aliphatic heterocycles. The molecule has 0 spiro atoms. The van der Waals surface area contributed by atoms with E-state index in [1.165, 1.54) is 41.2 Å². The summed E-state index contributed by atoms with van der Waals surface area (Å²) in [4.78, 5) is 30.3. The molecule has 1 atom stereocenters. The summed E-state index contributed by atoms with van der Waals surface area (Å²) < 4.78 is 35.4. The molecular formula is C32H32ClF2N3O3. The van der Waals surface area contributed by atoms with Crippen molar-refractivity contribution >= 4 is 35.1 Å². The molecule has 3 aromatic rings. The monoisotopic (exact) mass is 579 g/mol. The van der Waals surface area contributed by atoms with Crippen LogP contribution in [0, 0.1) is 24.0 Å². The van der Waals surface area contributed by atoms with Gasteiger partial charge in [-0.25, -0.2) is 8.78 Å². The summed E-state index contributed by atoms with van der Waals surface area (Å²) >= 11 is 6.54. The fourth-order valence-electron chi connectivity index (χ4n) is 4.52. The van der Waals surface area contributed by atoms with Gasteiger partial charge >= 0.3 is 0 Å². The molecule has 1 N–H and O–H groups in total. The van der Waals surface area contributed by atoms with E-state index in [-0.39, 0.29) is 52.8 Å². The molecule has 0 aliphatic carbocycles. The molecule has 1 aliphatic rings. The lowest BCUT2D eigenvalue weighted by molar-refractivity contribution is -0.151. The number of hydrogen-bond acceptors (Lipinski definition) is 4. The minimum Gasteiger partial charge on any atom is -0.379 e. The molecule has 0 saturated carbocycles. The standard InChI is InChI=1S/C32H32ClF2N3O3/c1-5-14-36-26(24-7-6-8-27(29(24)35)37-31(40)32(4)18-41-19-32)13-15-38-21(3)17-25(28(33)30(38)39)20(2)16-22-9-11-23(34)12-10-22/h5-15,17,20H,16,18-19H2,1-4H3,(H,37,40)/b14-5+,15-13+,36-26-. The lowest BCUT2D eigenvalue weighted by Crippen LogP contribution is -2.49. The first kappa shape index (κ1) is 30.1. The van der Waals surface area contributed by atoms with Crippen LogP contribution in [-0.4, -0.2) is 29.4 Å². The molecule has 0 bridgehead atoms. The summed E-state index contributed by atoms with van der Waals surface area (Å²) in [5.41, 5.74) is 1.53. The summed E-state index contributed by atoms with van der Waals surface area (Å²) in [5, 5.41) is 2.73. The number of anilines is 1. The molecule has 1 aromatic heterocycles. The molecule has 214 valence electrons. The Bertz CT molecular complexity index is 1590. The number of rotatable bonds is 9. The van der Waals surface area contributed by atoms with Crippen LogP contribution in [0.3, 0.4) is 0 Å². The zero-order chi connectivity index (χ0) is 29.7. The van der Waals surface area contributed by atoms with Crippen LogP contribution in [0.4, 0.5) is 14.5 Å². The van der Waals surface area contributed by atoms with Gasteiger partial charge in [-0.1, -0.05) is 42.8 Å². The van der Waals surface area contributed by atoms with E-state index in [0.717, 1.165) is 5.56 Å². The van der Waals surface area contributed by atoms with Crippen molar-refractivity contribution in [3.63, 3.8) is 0 Å². The molecule has 9 heteroatoms. The third kappa shape index (κ3) is 6.72. The lowest BCUT2D eigenvalue weighted by Gasteiger charge is -2.36. The van der Waals surface area contributed by atoms with Gasteiger partial charge in [0.25, 0.3) is 5.56 Å². The molecule has 1 saturated heterocycles. The second-order valence-corrected chi connectivity index (χ2v) is 10.8. The van der Waals surface area contributed by atoms with Gasteiger partial charge in [0.2, 0.25) is 5.91 Å². The highest BCUT2D eigenvalue weighted by atomic mass is 35.5. The van der Waals surface area contributed by atoms with Crippen LogP contribution < -0.4 is 10.9 Å². The van der Waals surface area contributed by atoms with Gasteiger partial charge in [0, 0.05) is 23.7 Å². The summed E-state index contributed by atoms with van der Waals surface area (Å²) in [6, 6.07) is 12.7. The Hall–Kier alpha value is -3.88. The van der Waals surface area contributed by atoms with E-state index < -0.39 is 16.8 Å². The van der Waals surface area contributed by atoms with Crippen LogP contribution in [0.2, 0.25) is 5.02 Å².